The first-order valence-corrected chi connectivity index (χ1v) is 5.25. The maximum absolute atomic E-state index is 12.0. The molecule has 1 aliphatic heterocycles. The van der Waals surface area contributed by atoms with E-state index in [2.05, 4.69) is 0 Å². The predicted molar refractivity (Wildman–Crippen MR) is 66.9 cm³/mol. The van der Waals surface area contributed by atoms with Crippen molar-refractivity contribution < 1.29 is 4.79 Å². The minimum Gasteiger partial charge on any atom is -0.337 e. The van der Waals surface area contributed by atoms with E-state index in [4.69, 9.17) is 11.0 Å². The third-order valence-electron chi connectivity index (χ3n) is 2.77. The lowest BCUT2D eigenvalue weighted by Crippen LogP contribution is -2.31. The maximum Gasteiger partial charge on any atom is 0.253 e. The van der Waals surface area contributed by atoms with Gasteiger partial charge >= 0.3 is 0 Å². The molecule has 4 nitrogen and oxygen atoms in total. The second-order valence-corrected chi connectivity index (χ2v) is 3.99. The van der Waals surface area contributed by atoms with Crippen LogP contribution in [0.15, 0.2) is 24.3 Å². The number of hydrogen-bond donors (Lipinski definition) is 1. The van der Waals surface area contributed by atoms with Crippen molar-refractivity contribution in [3.63, 3.8) is 0 Å². The molecular weight excluding hydrogens is 238 g/mol. The molecule has 0 bridgehead atoms. The maximum atomic E-state index is 12.0. The van der Waals surface area contributed by atoms with Gasteiger partial charge in [-0.3, -0.25) is 4.79 Å². The Hall–Kier alpha value is -1.57. The van der Waals surface area contributed by atoms with Crippen LogP contribution < -0.4 is 5.73 Å². The first-order valence-electron chi connectivity index (χ1n) is 5.25. The van der Waals surface area contributed by atoms with Crippen LogP contribution in [0.1, 0.15) is 22.3 Å². The van der Waals surface area contributed by atoms with E-state index in [1.54, 1.807) is 29.2 Å². The Morgan fingerprint density at radius 1 is 1.41 bits per heavy atom. The highest BCUT2D eigenvalue weighted by molar-refractivity contribution is 5.94. The third-order valence-corrected chi connectivity index (χ3v) is 2.77. The molecule has 1 aromatic rings. The quantitative estimate of drug-likeness (QED) is 0.814. The van der Waals surface area contributed by atoms with E-state index >= 15 is 0 Å². The number of nitrogens with two attached hydrogens (primary N) is 1. The van der Waals surface area contributed by atoms with Crippen molar-refractivity contribution in [3.8, 4) is 6.07 Å². The van der Waals surface area contributed by atoms with E-state index < -0.39 is 0 Å². The number of hydrogen-bond acceptors (Lipinski definition) is 3. The molecule has 1 atom stereocenters. The molecule has 2 N–H and O–H groups in total. The summed E-state index contributed by atoms with van der Waals surface area (Å²) in [6.45, 7) is 1.35. The zero-order valence-electron chi connectivity index (χ0n) is 9.30. The summed E-state index contributed by atoms with van der Waals surface area (Å²) in [5, 5.41) is 8.65. The number of likely N-dealkylation sites (tertiary alicyclic amines) is 1. The van der Waals surface area contributed by atoms with Crippen molar-refractivity contribution in [2.24, 2.45) is 5.73 Å². The van der Waals surface area contributed by atoms with Gasteiger partial charge in [0.05, 0.1) is 11.6 Å². The predicted octanol–water partition coefficient (Wildman–Crippen LogP) is 1.15. The molecule has 17 heavy (non-hydrogen) atoms. The summed E-state index contributed by atoms with van der Waals surface area (Å²) in [7, 11) is 0. The first kappa shape index (κ1) is 13.5. The summed E-state index contributed by atoms with van der Waals surface area (Å²) in [4.78, 5) is 13.7. The van der Waals surface area contributed by atoms with Crippen molar-refractivity contribution in [1.29, 1.82) is 5.26 Å². The average Bonchev–Trinajstić information content (AvgIpc) is 2.75. The molecule has 90 valence electrons. The number of nitriles is 1. The average molecular weight is 252 g/mol. The standard InChI is InChI=1S/C12H13N3O.ClH/c13-7-9-1-3-10(4-2-9)12(16)15-6-5-11(14)8-15;/h1-4,11H,5-6,8,14H2;1H/t11-;/m1./s1. The van der Waals surface area contributed by atoms with Gasteiger partial charge in [0.25, 0.3) is 5.91 Å². The van der Waals surface area contributed by atoms with Crippen LogP contribution in [0.25, 0.3) is 0 Å². The molecule has 1 saturated heterocycles. The van der Waals surface area contributed by atoms with Gasteiger partial charge in [-0.2, -0.15) is 5.26 Å². The number of benzene rings is 1. The van der Waals surface area contributed by atoms with E-state index in [1.165, 1.54) is 0 Å². The van der Waals surface area contributed by atoms with Gasteiger partial charge in [0, 0.05) is 24.7 Å². The third kappa shape index (κ3) is 2.96. The van der Waals surface area contributed by atoms with Gasteiger partial charge in [-0.1, -0.05) is 0 Å². The van der Waals surface area contributed by atoms with Crippen molar-refractivity contribution in [1.82, 2.24) is 4.90 Å². The monoisotopic (exact) mass is 251 g/mol. The van der Waals surface area contributed by atoms with Gasteiger partial charge in [-0.05, 0) is 30.7 Å². The molecule has 2 rings (SSSR count). The van der Waals surface area contributed by atoms with Crippen LogP contribution in [-0.4, -0.2) is 29.9 Å². The van der Waals surface area contributed by atoms with E-state index in [0.29, 0.717) is 17.7 Å². The summed E-state index contributed by atoms with van der Waals surface area (Å²) in [6, 6.07) is 8.81. The van der Waals surface area contributed by atoms with Crippen molar-refractivity contribution in [3.05, 3.63) is 35.4 Å². The molecule has 0 unspecified atom stereocenters. The van der Waals surface area contributed by atoms with Crippen LogP contribution in [0.5, 0.6) is 0 Å². The molecule has 1 fully saturated rings. The summed E-state index contributed by atoms with van der Waals surface area (Å²) in [5.41, 5.74) is 6.93. The molecule has 1 aromatic carbocycles. The summed E-state index contributed by atoms with van der Waals surface area (Å²) in [6.07, 6.45) is 0.863. The molecule has 1 heterocycles. The van der Waals surface area contributed by atoms with E-state index in [1.807, 2.05) is 6.07 Å². The second-order valence-electron chi connectivity index (χ2n) is 3.99. The van der Waals surface area contributed by atoms with Crippen LogP contribution in [0, 0.1) is 11.3 Å². The molecule has 0 radical (unpaired) electrons. The largest absolute Gasteiger partial charge is 0.337 e. The fraction of sp³-hybridized carbons (Fsp3) is 0.333. The molecule has 0 spiro atoms. The Kier molecular flexibility index (Phi) is 4.50. The minimum atomic E-state index is -0.00237. The van der Waals surface area contributed by atoms with Gasteiger partial charge < -0.3 is 10.6 Å². The smallest absolute Gasteiger partial charge is 0.253 e. The Morgan fingerprint density at radius 2 is 2.06 bits per heavy atom. The SMILES string of the molecule is Cl.N#Cc1ccc(C(=O)N2CC[C@@H](N)C2)cc1. The van der Waals surface area contributed by atoms with Gasteiger partial charge in [0.15, 0.2) is 0 Å². The molecule has 5 heteroatoms. The molecule has 0 aliphatic carbocycles. The van der Waals surface area contributed by atoms with Gasteiger partial charge in [-0.15, -0.1) is 12.4 Å². The Labute approximate surface area is 106 Å². The normalized spacial score (nSPS) is 18.4. The van der Waals surface area contributed by atoms with Crippen molar-refractivity contribution >= 4 is 18.3 Å². The Bertz CT molecular complexity index is 438. The number of rotatable bonds is 1. The topological polar surface area (TPSA) is 70.1 Å². The number of carbonyl (C=O) groups excluding carboxylic acids is 1. The highest BCUT2D eigenvalue weighted by Crippen LogP contribution is 2.12. The molecule has 1 amide bonds. The second kappa shape index (κ2) is 5.67. The van der Waals surface area contributed by atoms with Crippen LogP contribution in [0.4, 0.5) is 0 Å². The van der Waals surface area contributed by atoms with Crippen LogP contribution in [0.2, 0.25) is 0 Å². The number of nitrogens with zero attached hydrogens (tertiary/aromatic N) is 2. The van der Waals surface area contributed by atoms with E-state index in [9.17, 15) is 4.79 Å². The fourth-order valence-corrected chi connectivity index (χ4v) is 1.84. The number of carbonyl (C=O) groups is 1. The lowest BCUT2D eigenvalue weighted by molar-refractivity contribution is 0.0791. The van der Waals surface area contributed by atoms with Gasteiger partial charge in [0.2, 0.25) is 0 Å². The molecular formula is C12H14ClN3O. The lowest BCUT2D eigenvalue weighted by atomic mass is 10.1. The highest BCUT2D eigenvalue weighted by Gasteiger charge is 2.24. The van der Waals surface area contributed by atoms with Crippen molar-refractivity contribution in [2.45, 2.75) is 12.5 Å². The summed E-state index contributed by atoms with van der Waals surface area (Å²) >= 11 is 0. The van der Waals surface area contributed by atoms with Crippen molar-refractivity contribution in [2.75, 3.05) is 13.1 Å². The van der Waals surface area contributed by atoms with Crippen LogP contribution >= 0.6 is 12.4 Å². The highest BCUT2D eigenvalue weighted by atomic mass is 35.5. The Morgan fingerprint density at radius 3 is 2.53 bits per heavy atom. The van der Waals surface area contributed by atoms with E-state index in [0.717, 1.165) is 13.0 Å². The van der Waals surface area contributed by atoms with E-state index in [-0.39, 0.29) is 24.4 Å². The Balaban J connectivity index is 0.00000144. The fourth-order valence-electron chi connectivity index (χ4n) is 1.84. The number of amides is 1. The summed E-state index contributed by atoms with van der Waals surface area (Å²) in [5.74, 6) is -0.00237. The zero-order chi connectivity index (χ0) is 11.5. The zero-order valence-corrected chi connectivity index (χ0v) is 10.1. The van der Waals surface area contributed by atoms with Crippen LogP contribution in [0.3, 0.4) is 0 Å². The van der Waals surface area contributed by atoms with Gasteiger partial charge in [0.1, 0.15) is 0 Å². The summed E-state index contributed by atoms with van der Waals surface area (Å²) < 4.78 is 0. The molecule has 0 aromatic heterocycles. The molecule has 1 aliphatic rings. The molecule has 0 saturated carbocycles. The van der Waals surface area contributed by atoms with Gasteiger partial charge in [-0.25, -0.2) is 0 Å². The first-order chi connectivity index (χ1) is 7.70. The lowest BCUT2D eigenvalue weighted by Gasteiger charge is -2.15. The minimum absolute atomic E-state index is 0. The van der Waals surface area contributed by atoms with Crippen LogP contribution in [-0.2, 0) is 0 Å². The number of halogens is 1.